The van der Waals surface area contributed by atoms with Gasteiger partial charge in [-0.05, 0) is 11.6 Å². The van der Waals surface area contributed by atoms with E-state index in [1.807, 2.05) is 0 Å². The van der Waals surface area contributed by atoms with Crippen LogP contribution in [-0.4, -0.2) is 34.5 Å². The molecule has 0 saturated carbocycles. The van der Waals surface area contributed by atoms with E-state index in [9.17, 15) is 19.8 Å². The summed E-state index contributed by atoms with van der Waals surface area (Å²) in [5, 5.41) is 19.2. The first-order valence-electron chi connectivity index (χ1n) is 7.49. The normalized spacial score (nSPS) is 25.5. The summed E-state index contributed by atoms with van der Waals surface area (Å²) in [5.41, 5.74) is -0.636. The molecule has 24 heavy (non-hydrogen) atoms. The summed E-state index contributed by atoms with van der Waals surface area (Å²) in [6.45, 7) is 0.967. The van der Waals surface area contributed by atoms with Gasteiger partial charge >= 0.3 is 0 Å². The summed E-state index contributed by atoms with van der Waals surface area (Å²) in [5.74, 6) is -0.785. The van der Waals surface area contributed by atoms with Crippen molar-refractivity contribution in [1.29, 1.82) is 0 Å². The number of rotatable bonds is 3. The summed E-state index contributed by atoms with van der Waals surface area (Å²) in [4.78, 5) is 25.0. The van der Waals surface area contributed by atoms with Crippen LogP contribution in [0.5, 0.6) is 5.75 Å². The molecule has 0 saturated heterocycles. The number of allylic oxidation sites excluding steroid dienone is 1. The van der Waals surface area contributed by atoms with Gasteiger partial charge in [0.25, 0.3) is 0 Å². The average molecular weight is 353 g/mol. The average Bonchev–Trinajstić information content (AvgIpc) is 2.87. The summed E-state index contributed by atoms with van der Waals surface area (Å²) >= 11 is 6.27. The number of ketones is 2. The molecule has 1 aliphatic heterocycles. The zero-order chi connectivity index (χ0) is 17.6. The second-order valence-corrected chi connectivity index (χ2v) is 6.36. The molecule has 3 rings (SSSR count). The van der Waals surface area contributed by atoms with Crippen molar-refractivity contribution in [2.45, 2.75) is 32.2 Å². The fourth-order valence-corrected chi connectivity index (χ4v) is 3.67. The predicted octanol–water partition coefficient (Wildman–Crippen LogP) is 1.78. The molecule has 1 aromatic carbocycles. The molecule has 1 aliphatic carbocycles. The number of Topliss-reactive ketones (excluding diaryl/α,β-unsaturated/α-hetero) is 1. The van der Waals surface area contributed by atoms with Crippen molar-refractivity contribution in [1.82, 2.24) is 0 Å². The third-order valence-electron chi connectivity index (χ3n) is 4.63. The van der Waals surface area contributed by atoms with Gasteiger partial charge in [-0.1, -0.05) is 18.5 Å². The Bertz CT molecular complexity index is 769. The van der Waals surface area contributed by atoms with Crippen molar-refractivity contribution in [2.24, 2.45) is 5.92 Å². The minimum absolute atomic E-state index is 0.112. The molecule has 0 unspecified atom stereocenters. The van der Waals surface area contributed by atoms with Gasteiger partial charge in [0.2, 0.25) is 11.4 Å². The fourth-order valence-electron chi connectivity index (χ4n) is 3.42. The number of carbonyl (C=O) groups excluding carboxylic acids is 2. The minimum atomic E-state index is -1.48. The molecular weight excluding hydrogens is 336 g/mol. The number of fused-ring (bicyclic) bond motifs is 1. The van der Waals surface area contributed by atoms with E-state index in [4.69, 9.17) is 21.1 Å². The van der Waals surface area contributed by atoms with Gasteiger partial charge in [0, 0.05) is 24.0 Å². The van der Waals surface area contributed by atoms with E-state index in [0.717, 1.165) is 0 Å². The van der Waals surface area contributed by atoms with E-state index >= 15 is 0 Å². The van der Waals surface area contributed by atoms with Crippen LogP contribution in [0.1, 0.15) is 34.8 Å². The van der Waals surface area contributed by atoms with Gasteiger partial charge in [-0.2, -0.15) is 0 Å². The summed E-state index contributed by atoms with van der Waals surface area (Å²) < 4.78 is 11.3. The van der Waals surface area contributed by atoms with Crippen molar-refractivity contribution < 1.29 is 29.3 Å². The maximum atomic E-state index is 13.2. The van der Waals surface area contributed by atoms with Crippen LogP contribution in [0.3, 0.4) is 0 Å². The first-order valence-corrected chi connectivity index (χ1v) is 7.87. The smallest absolute Gasteiger partial charge is 0.231 e. The topological polar surface area (TPSA) is 93.1 Å². The highest BCUT2D eigenvalue weighted by molar-refractivity contribution is 6.34. The van der Waals surface area contributed by atoms with Gasteiger partial charge in [0.1, 0.15) is 0 Å². The van der Waals surface area contributed by atoms with E-state index in [1.165, 1.54) is 19.3 Å². The Morgan fingerprint density at radius 3 is 2.58 bits per heavy atom. The Hall–Kier alpha value is -1.89. The Kier molecular flexibility index (Phi) is 4.15. The molecule has 0 amide bonds. The molecule has 1 spiro atoms. The Labute approximate surface area is 143 Å². The van der Waals surface area contributed by atoms with Crippen molar-refractivity contribution in [3.8, 4) is 5.75 Å². The van der Waals surface area contributed by atoms with Gasteiger partial charge in [0.15, 0.2) is 17.3 Å². The van der Waals surface area contributed by atoms with Crippen molar-refractivity contribution in [3.63, 3.8) is 0 Å². The summed E-state index contributed by atoms with van der Waals surface area (Å²) in [6, 6.07) is 1.48. The van der Waals surface area contributed by atoms with Crippen LogP contribution < -0.4 is 4.74 Å². The van der Waals surface area contributed by atoms with Crippen molar-refractivity contribution in [3.05, 3.63) is 39.6 Å². The Morgan fingerprint density at radius 2 is 2.00 bits per heavy atom. The number of halogens is 1. The standard InChI is InChI=1S/C17H17ClO6/c1-8-3-11(21)5-12(23-2)17(8)16(22)13-9(6-19)4-10(7-20)14(18)15(13)24-17/h4-5,8,19-20H,3,6-7H2,1-2H3/t8-,17+/m1/s1. The molecule has 1 aromatic rings. The number of hydrogen-bond acceptors (Lipinski definition) is 6. The first-order chi connectivity index (χ1) is 11.4. The zero-order valence-electron chi connectivity index (χ0n) is 13.3. The van der Waals surface area contributed by atoms with Crippen LogP contribution >= 0.6 is 11.6 Å². The van der Waals surface area contributed by atoms with Crippen LogP contribution in [0.2, 0.25) is 5.02 Å². The van der Waals surface area contributed by atoms with Crippen molar-refractivity contribution >= 4 is 23.2 Å². The van der Waals surface area contributed by atoms with Gasteiger partial charge < -0.3 is 19.7 Å². The van der Waals surface area contributed by atoms with Gasteiger partial charge in [-0.3, -0.25) is 9.59 Å². The van der Waals surface area contributed by atoms with Crippen LogP contribution in [-0.2, 0) is 22.7 Å². The van der Waals surface area contributed by atoms with Gasteiger partial charge in [0.05, 0.1) is 30.9 Å². The van der Waals surface area contributed by atoms with E-state index in [-0.39, 0.29) is 40.9 Å². The molecule has 7 heteroatoms. The lowest BCUT2D eigenvalue weighted by Crippen LogP contribution is -2.51. The lowest BCUT2D eigenvalue weighted by atomic mass is 9.75. The third-order valence-corrected chi connectivity index (χ3v) is 5.04. The van der Waals surface area contributed by atoms with Crippen LogP contribution in [0.25, 0.3) is 0 Å². The Morgan fingerprint density at radius 1 is 1.33 bits per heavy atom. The molecule has 6 nitrogen and oxygen atoms in total. The molecular formula is C17H17ClO6. The highest BCUT2D eigenvalue weighted by Crippen LogP contribution is 2.51. The number of benzene rings is 1. The second-order valence-electron chi connectivity index (χ2n) is 5.98. The third kappa shape index (κ3) is 2.10. The molecule has 128 valence electrons. The number of aliphatic hydroxyl groups is 2. The molecule has 2 atom stereocenters. The Balaban J connectivity index is 2.26. The van der Waals surface area contributed by atoms with Crippen LogP contribution in [0.4, 0.5) is 0 Å². The quantitative estimate of drug-likeness (QED) is 0.861. The van der Waals surface area contributed by atoms with Crippen LogP contribution in [0, 0.1) is 5.92 Å². The predicted molar refractivity (Wildman–Crippen MR) is 84.9 cm³/mol. The second kappa shape index (κ2) is 5.88. The van der Waals surface area contributed by atoms with E-state index < -0.39 is 23.9 Å². The summed E-state index contributed by atoms with van der Waals surface area (Å²) in [6.07, 6.45) is 1.40. The maximum absolute atomic E-state index is 13.2. The molecule has 2 N–H and O–H groups in total. The maximum Gasteiger partial charge on any atom is 0.231 e. The molecule has 0 aromatic heterocycles. The highest BCUT2D eigenvalue weighted by Gasteiger charge is 2.59. The van der Waals surface area contributed by atoms with Crippen molar-refractivity contribution in [2.75, 3.05) is 7.11 Å². The number of aliphatic hydroxyl groups excluding tert-OH is 2. The molecule has 0 radical (unpaired) electrons. The summed E-state index contributed by atoms with van der Waals surface area (Å²) in [7, 11) is 1.37. The zero-order valence-corrected chi connectivity index (χ0v) is 14.0. The highest BCUT2D eigenvalue weighted by atomic mass is 35.5. The SMILES string of the molecule is COC1=CC(=O)C[C@@H](C)[C@]12Oc1c(Cl)c(CO)cc(CO)c1C2=O. The first kappa shape index (κ1) is 17.0. The monoisotopic (exact) mass is 352 g/mol. The molecule has 0 bridgehead atoms. The number of carbonyl (C=O) groups is 2. The number of methoxy groups -OCH3 is 1. The van der Waals surface area contributed by atoms with Gasteiger partial charge in [-0.15, -0.1) is 0 Å². The minimum Gasteiger partial charge on any atom is -0.496 e. The lowest BCUT2D eigenvalue weighted by Gasteiger charge is -2.36. The molecule has 1 heterocycles. The van der Waals surface area contributed by atoms with Gasteiger partial charge in [-0.25, -0.2) is 0 Å². The van der Waals surface area contributed by atoms with E-state index in [1.54, 1.807) is 6.92 Å². The lowest BCUT2D eigenvalue weighted by molar-refractivity contribution is -0.118. The number of ether oxygens (including phenoxy) is 2. The van der Waals surface area contributed by atoms with E-state index in [2.05, 4.69) is 0 Å². The van der Waals surface area contributed by atoms with E-state index in [0.29, 0.717) is 11.1 Å². The molecule has 0 fully saturated rings. The fraction of sp³-hybridized carbons (Fsp3) is 0.412. The van der Waals surface area contributed by atoms with Crippen LogP contribution in [0.15, 0.2) is 17.9 Å². The molecule has 2 aliphatic rings. The largest absolute Gasteiger partial charge is 0.496 e. The number of hydrogen-bond donors (Lipinski definition) is 2.